The summed E-state index contributed by atoms with van der Waals surface area (Å²) in [6.07, 6.45) is 1.71. The topological polar surface area (TPSA) is 28.4 Å². The molecule has 1 N–H and O–H groups in total. The van der Waals surface area contributed by atoms with E-state index < -0.39 is 0 Å². The minimum absolute atomic E-state index is 0.240. The average Bonchev–Trinajstić information content (AvgIpc) is 2.92. The van der Waals surface area contributed by atoms with Crippen LogP contribution in [0.2, 0.25) is 5.02 Å². The monoisotopic (exact) mass is 292 g/mol. The standard InChI is InChI=1S/C16H21ClN2O/c1-13(16-7-4-10-20-16)18-8-9-19(2)12-14-5-3-6-15(17)11-14/h3-7,10-11,13,18H,8-9,12H2,1-2H3. The van der Waals surface area contributed by atoms with Crippen LogP contribution in [0.4, 0.5) is 0 Å². The van der Waals surface area contributed by atoms with Crippen LogP contribution in [0.1, 0.15) is 24.3 Å². The number of benzene rings is 1. The second-order valence-corrected chi connectivity index (χ2v) is 5.50. The maximum atomic E-state index is 5.99. The van der Waals surface area contributed by atoms with Gasteiger partial charge >= 0.3 is 0 Å². The third-order valence-corrected chi connectivity index (χ3v) is 3.49. The highest BCUT2D eigenvalue weighted by molar-refractivity contribution is 6.30. The maximum Gasteiger partial charge on any atom is 0.120 e. The van der Waals surface area contributed by atoms with E-state index >= 15 is 0 Å². The van der Waals surface area contributed by atoms with E-state index in [4.69, 9.17) is 16.0 Å². The van der Waals surface area contributed by atoms with E-state index in [1.165, 1.54) is 5.56 Å². The molecule has 1 aromatic carbocycles. The van der Waals surface area contributed by atoms with E-state index in [2.05, 4.69) is 30.3 Å². The Balaban J connectivity index is 1.71. The van der Waals surface area contributed by atoms with Crippen LogP contribution in [0.15, 0.2) is 47.1 Å². The third kappa shape index (κ3) is 4.67. The van der Waals surface area contributed by atoms with Gasteiger partial charge in [-0.15, -0.1) is 0 Å². The van der Waals surface area contributed by atoms with Crippen LogP contribution in [-0.4, -0.2) is 25.0 Å². The average molecular weight is 293 g/mol. The lowest BCUT2D eigenvalue weighted by atomic mass is 10.2. The smallest absolute Gasteiger partial charge is 0.120 e. The lowest BCUT2D eigenvalue weighted by molar-refractivity contribution is 0.313. The van der Waals surface area contributed by atoms with Crippen LogP contribution in [0.25, 0.3) is 0 Å². The largest absolute Gasteiger partial charge is 0.468 e. The first-order chi connectivity index (χ1) is 9.65. The zero-order chi connectivity index (χ0) is 14.4. The summed E-state index contributed by atoms with van der Waals surface area (Å²) in [5.74, 6) is 0.975. The molecule has 108 valence electrons. The van der Waals surface area contributed by atoms with Gasteiger partial charge in [-0.05, 0) is 43.8 Å². The molecule has 0 spiro atoms. The normalized spacial score (nSPS) is 12.8. The van der Waals surface area contributed by atoms with E-state index in [0.29, 0.717) is 0 Å². The van der Waals surface area contributed by atoms with Gasteiger partial charge < -0.3 is 14.6 Å². The molecule has 0 saturated carbocycles. The summed E-state index contributed by atoms with van der Waals surface area (Å²) >= 11 is 5.99. The molecule has 0 radical (unpaired) electrons. The predicted octanol–water partition coefficient (Wildman–Crippen LogP) is 3.72. The molecule has 0 amide bonds. The molecule has 2 aromatic rings. The number of furan rings is 1. The van der Waals surface area contributed by atoms with Gasteiger partial charge in [0.05, 0.1) is 12.3 Å². The van der Waals surface area contributed by atoms with Gasteiger partial charge in [-0.1, -0.05) is 23.7 Å². The number of hydrogen-bond donors (Lipinski definition) is 1. The summed E-state index contributed by atoms with van der Waals surface area (Å²) in [6.45, 7) is 4.89. The summed E-state index contributed by atoms with van der Waals surface area (Å²) < 4.78 is 5.37. The number of nitrogens with zero attached hydrogens (tertiary/aromatic N) is 1. The fraction of sp³-hybridized carbons (Fsp3) is 0.375. The van der Waals surface area contributed by atoms with Gasteiger partial charge in [0.25, 0.3) is 0 Å². The zero-order valence-corrected chi connectivity index (χ0v) is 12.7. The first-order valence-electron chi connectivity index (χ1n) is 6.85. The molecule has 1 aromatic heterocycles. The maximum absolute atomic E-state index is 5.99. The SMILES string of the molecule is CC(NCCN(C)Cc1cccc(Cl)c1)c1ccco1. The van der Waals surface area contributed by atoms with Crippen molar-refractivity contribution in [3.05, 3.63) is 59.0 Å². The van der Waals surface area contributed by atoms with Gasteiger partial charge in [-0.25, -0.2) is 0 Å². The summed E-state index contributed by atoms with van der Waals surface area (Å²) in [6, 6.07) is 12.1. The Morgan fingerprint density at radius 2 is 2.15 bits per heavy atom. The summed E-state index contributed by atoms with van der Waals surface area (Å²) in [5, 5.41) is 4.24. The predicted molar refractivity (Wildman–Crippen MR) is 82.9 cm³/mol. The minimum atomic E-state index is 0.240. The molecular formula is C16H21ClN2O. The van der Waals surface area contributed by atoms with Crippen LogP contribution in [0.3, 0.4) is 0 Å². The second kappa shape index (κ2) is 7.48. The molecule has 0 aliphatic carbocycles. The molecule has 4 heteroatoms. The van der Waals surface area contributed by atoms with Crippen molar-refractivity contribution in [1.29, 1.82) is 0 Å². The fourth-order valence-electron chi connectivity index (χ4n) is 2.14. The molecule has 1 unspecified atom stereocenters. The minimum Gasteiger partial charge on any atom is -0.468 e. The number of halogens is 1. The van der Waals surface area contributed by atoms with E-state index in [1.807, 2.05) is 30.3 Å². The van der Waals surface area contributed by atoms with Crippen molar-refractivity contribution in [3.8, 4) is 0 Å². The van der Waals surface area contributed by atoms with Crippen molar-refractivity contribution in [3.63, 3.8) is 0 Å². The first kappa shape index (κ1) is 15.1. The van der Waals surface area contributed by atoms with Crippen molar-refractivity contribution < 1.29 is 4.42 Å². The molecule has 20 heavy (non-hydrogen) atoms. The summed E-state index contributed by atoms with van der Waals surface area (Å²) in [5.41, 5.74) is 1.24. The van der Waals surface area contributed by atoms with Crippen LogP contribution < -0.4 is 5.32 Å². The molecule has 1 heterocycles. The molecule has 2 rings (SSSR count). The lowest BCUT2D eigenvalue weighted by Crippen LogP contribution is -2.30. The zero-order valence-electron chi connectivity index (χ0n) is 12.0. The molecule has 0 aliphatic heterocycles. The van der Waals surface area contributed by atoms with Gasteiger partial charge in [0.1, 0.15) is 5.76 Å². The van der Waals surface area contributed by atoms with Crippen molar-refractivity contribution in [2.24, 2.45) is 0 Å². The van der Waals surface area contributed by atoms with Crippen molar-refractivity contribution in [1.82, 2.24) is 10.2 Å². The van der Waals surface area contributed by atoms with E-state index in [-0.39, 0.29) is 6.04 Å². The quantitative estimate of drug-likeness (QED) is 0.843. The number of rotatable bonds is 7. The number of hydrogen-bond acceptors (Lipinski definition) is 3. The molecule has 3 nitrogen and oxygen atoms in total. The molecule has 0 saturated heterocycles. The highest BCUT2D eigenvalue weighted by Gasteiger charge is 2.07. The molecular weight excluding hydrogens is 272 g/mol. The van der Waals surface area contributed by atoms with Gasteiger partial charge in [0.2, 0.25) is 0 Å². The Kier molecular flexibility index (Phi) is 5.65. The van der Waals surface area contributed by atoms with Gasteiger partial charge in [0, 0.05) is 24.7 Å². The van der Waals surface area contributed by atoms with Gasteiger partial charge in [-0.3, -0.25) is 0 Å². The Hall–Kier alpha value is -1.29. The Morgan fingerprint density at radius 3 is 2.85 bits per heavy atom. The highest BCUT2D eigenvalue weighted by atomic mass is 35.5. The molecule has 1 atom stereocenters. The summed E-state index contributed by atoms with van der Waals surface area (Å²) in [7, 11) is 2.11. The Bertz CT molecular complexity index is 513. The van der Waals surface area contributed by atoms with E-state index in [0.717, 1.165) is 30.4 Å². The van der Waals surface area contributed by atoms with Crippen LogP contribution in [0.5, 0.6) is 0 Å². The van der Waals surface area contributed by atoms with Gasteiger partial charge in [0.15, 0.2) is 0 Å². The van der Waals surface area contributed by atoms with Crippen molar-refractivity contribution in [2.75, 3.05) is 20.1 Å². The van der Waals surface area contributed by atoms with Crippen molar-refractivity contribution >= 4 is 11.6 Å². The van der Waals surface area contributed by atoms with Crippen LogP contribution in [-0.2, 0) is 6.54 Å². The number of nitrogens with one attached hydrogen (secondary N) is 1. The third-order valence-electron chi connectivity index (χ3n) is 3.26. The highest BCUT2D eigenvalue weighted by Crippen LogP contribution is 2.13. The Morgan fingerprint density at radius 1 is 1.30 bits per heavy atom. The lowest BCUT2D eigenvalue weighted by Gasteiger charge is -2.18. The summed E-state index contributed by atoms with van der Waals surface area (Å²) in [4.78, 5) is 2.27. The molecule has 0 aliphatic rings. The van der Waals surface area contributed by atoms with Crippen LogP contribution in [0, 0.1) is 0 Å². The van der Waals surface area contributed by atoms with Crippen molar-refractivity contribution in [2.45, 2.75) is 19.5 Å². The molecule has 0 fully saturated rings. The second-order valence-electron chi connectivity index (χ2n) is 5.06. The van der Waals surface area contributed by atoms with E-state index in [1.54, 1.807) is 6.26 Å². The first-order valence-corrected chi connectivity index (χ1v) is 7.22. The molecule has 0 bridgehead atoms. The van der Waals surface area contributed by atoms with Crippen LogP contribution >= 0.6 is 11.6 Å². The van der Waals surface area contributed by atoms with Gasteiger partial charge in [-0.2, -0.15) is 0 Å². The Labute approximate surface area is 125 Å². The number of likely N-dealkylation sites (N-methyl/N-ethyl adjacent to an activating group) is 1. The fourth-order valence-corrected chi connectivity index (χ4v) is 2.35. The van der Waals surface area contributed by atoms with E-state index in [9.17, 15) is 0 Å².